The molecule has 0 radical (unpaired) electrons. The van der Waals surface area contributed by atoms with E-state index in [2.05, 4.69) is 0 Å². The second-order valence-corrected chi connectivity index (χ2v) is 3.88. The van der Waals surface area contributed by atoms with Crippen molar-refractivity contribution in [2.45, 2.75) is 6.92 Å². The molecule has 7 heteroatoms. The average Bonchev–Trinajstić information content (AvgIpc) is 2.35. The molecule has 0 heterocycles. The fraction of sp³-hybridized carbons (Fsp3) is 0.0909. The number of rotatable bonds is 0. The van der Waals surface area contributed by atoms with E-state index in [1.165, 1.54) is 0 Å². The molecule has 0 aliphatic rings. The largest absolute Gasteiger partial charge is 0.204 e. The van der Waals surface area contributed by atoms with Crippen LogP contribution in [0.3, 0.4) is 0 Å². The van der Waals surface area contributed by atoms with Crippen LogP contribution >= 0.6 is 0 Å². The minimum Gasteiger partial charge on any atom is -0.204 e. The summed E-state index contributed by atoms with van der Waals surface area (Å²) >= 11 is 0. The molecule has 0 spiro atoms. The van der Waals surface area contributed by atoms with Gasteiger partial charge in [-0.3, -0.25) is 0 Å². The second-order valence-electron chi connectivity index (χ2n) is 3.88. The number of hydrogen-bond donors (Lipinski definition) is 0. The van der Waals surface area contributed by atoms with Gasteiger partial charge in [0.1, 0.15) is 7.85 Å². The number of fused-ring (bicyclic) bond motifs is 1. The lowest BCUT2D eigenvalue weighted by atomic mass is 9.86. The lowest BCUT2D eigenvalue weighted by Gasteiger charge is -2.12. The minimum absolute atomic E-state index is 0.608. The van der Waals surface area contributed by atoms with Crippen molar-refractivity contribution in [3.8, 4) is 0 Å². The summed E-state index contributed by atoms with van der Waals surface area (Å²) in [5.74, 6) is -10.4. The van der Waals surface area contributed by atoms with Crippen LogP contribution in [0.4, 0.5) is 26.3 Å². The fourth-order valence-corrected chi connectivity index (χ4v) is 1.88. The zero-order valence-corrected chi connectivity index (χ0v) is 9.27. The third-order valence-corrected chi connectivity index (χ3v) is 2.87. The van der Waals surface area contributed by atoms with E-state index in [1.54, 1.807) is 0 Å². The Hall–Kier alpha value is -1.66. The summed E-state index contributed by atoms with van der Waals surface area (Å²) in [6.45, 7) is 0.958. The lowest BCUT2D eigenvalue weighted by molar-refractivity contribution is 0.417. The van der Waals surface area contributed by atoms with Crippen molar-refractivity contribution in [3.05, 3.63) is 40.5 Å². The van der Waals surface area contributed by atoms with E-state index in [-0.39, 0.29) is 0 Å². The summed E-state index contributed by atoms with van der Waals surface area (Å²) in [6, 6.07) is 0. The molecule has 0 unspecified atom stereocenters. The minimum atomic E-state index is -2.05. The smallest absolute Gasteiger partial charge is 0.198 e. The van der Waals surface area contributed by atoms with Crippen molar-refractivity contribution < 1.29 is 26.3 Å². The number of hydrogen-bond acceptors (Lipinski definition) is 0. The maximum Gasteiger partial charge on any atom is 0.198 e. The van der Waals surface area contributed by atoms with Crippen LogP contribution in [0.15, 0.2) is 0 Å². The number of benzene rings is 2. The molecule has 2 aromatic rings. The first-order valence-corrected chi connectivity index (χ1v) is 4.88. The highest BCUT2D eigenvalue weighted by molar-refractivity contribution is 6.39. The Morgan fingerprint density at radius 3 is 1.56 bits per heavy atom. The fourth-order valence-electron chi connectivity index (χ4n) is 1.88. The zero-order chi connectivity index (χ0) is 13.8. The van der Waals surface area contributed by atoms with Crippen molar-refractivity contribution in [3.63, 3.8) is 0 Å². The Morgan fingerprint density at radius 2 is 1.06 bits per heavy atom. The molecule has 0 aromatic heterocycles. The molecule has 0 nitrogen and oxygen atoms in total. The molecule has 0 bridgehead atoms. The molecule has 0 amide bonds. The normalized spacial score (nSPS) is 11.3. The molecule has 0 N–H and O–H groups in total. The van der Waals surface area contributed by atoms with Crippen LogP contribution in [0.1, 0.15) is 5.56 Å². The zero-order valence-electron chi connectivity index (χ0n) is 9.27. The van der Waals surface area contributed by atoms with Gasteiger partial charge in [-0.25, -0.2) is 26.3 Å². The first-order chi connectivity index (χ1) is 8.29. The number of aryl methyl sites for hydroxylation is 1. The first kappa shape index (κ1) is 12.8. The molecule has 0 aliphatic heterocycles. The van der Waals surface area contributed by atoms with Gasteiger partial charge in [0, 0.05) is 10.8 Å². The van der Waals surface area contributed by atoms with E-state index in [9.17, 15) is 26.3 Å². The van der Waals surface area contributed by atoms with Gasteiger partial charge >= 0.3 is 0 Å². The Bertz CT molecular complexity index is 567. The summed E-state index contributed by atoms with van der Waals surface area (Å²) in [5.41, 5.74) is -1.22. The monoisotopic (exact) mass is 262 g/mol. The van der Waals surface area contributed by atoms with E-state index in [4.69, 9.17) is 0 Å². The quantitative estimate of drug-likeness (QED) is 0.295. The molecule has 0 atom stereocenters. The van der Waals surface area contributed by atoms with Gasteiger partial charge in [0.05, 0.1) is 0 Å². The van der Waals surface area contributed by atoms with Gasteiger partial charge in [0.25, 0.3) is 0 Å². The van der Waals surface area contributed by atoms with Crippen LogP contribution < -0.4 is 5.46 Å². The van der Waals surface area contributed by atoms with Gasteiger partial charge in [0.15, 0.2) is 34.9 Å². The van der Waals surface area contributed by atoms with Crippen LogP contribution in [0.2, 0.25) is 0 Å². The standard InChI is InChI=1S/C11H5BF6/c1-2-3-4(5(12)9(16)6(2)13)8(15)11(18)10(17)7(3)14/h12H2,1H3. The van der Waals surface area contributed by atoms with E-state index in [0.29, 0.717) is 0 Å². The Labute approximate surface area is 98.6 Å². The topological polar surface area (TPSA) is 0 Å². The van der Waals surface area contributed by atoms with E-state index in [0.717, 1.165) is 14.8 Å². The highest BCUT2D eigenvalue weighted by Crippen LogP contribution is 2.30. The lowest BCUT2D eigenvalue weighted by Crippen LogP contribution is -2.18. The Balaban J connectivity index is 3.22. The molecule has 94 valence electrons. The van der Waals surface area contributed by atoms with Gasteiger partial charge in [-0.15, -0.1) is 0 Å². The molecular weight excluding hydrogens is 257 g/mol. The van der Waals surface area contributed by atoms with Gasteiger partial charge in [0.2, 0.25) is 0 Å². The summed E-state index contributed by atoms with van der Waals surface area (Å²) in [4.78, 5) is 0. The summed E-state index contributed by atoms with van der Waals surface area (Å²) in [6.07, 6.45) is 0. The van der Waals surface area contributed by atoms with Gasteiger partial charge in [-0.1, -0.05) is 0 Å². The van der Waals surface area contributed by atoms with Crippen molar-refractivity contribution in [1.29, 1.82) is 0 Å². The highest BCUT2D eigenvalue weighted by Gasteiger charge is 2.26. The predicted octanol–water partition coefficient (Wildman–Crippen LogP) is 2.24. The molecular formula is C11H5BF6. The third kappa shape index (κ3) is 1.42. The first-order valence-electron chi connectivity index (χ1n) is 4.88. The van der Waals surface area contributed by atoms with Crippen molar-refractivity contribution in [1.82, 2.24) is 0 Å². The molecule has 0 saturated carbocycles. The van der Waals surface area contributed by atoms with Crippen molar-refractivity contribution in [2.24, 2.45) is 0 Å². The van der Waals surface area contributed by atoms with E-state index < -0.39 is 56.7 Å². The van der Waals surface area contributed by atoms with E-state index >= 15 is 0 Å². The predicted molar refractivity (Wildman–Crippen MR) is 56.6 cm³/mol. The summed E-state index contributed by atoms with van der Waals surface area (Å²) in [7, 11) is 0.958. The molecule has 0 aliphatic carbocycles. The third-order valence-electron chi connectivity index (χ3n) is 2.87. The maximum atomic E-state index is 13.5. The van der Waals surface area contributed by atoms with Gasteiger partial charge in [-0.2, -0.15) is 0 Å². The van der Waals surface area contributed by atoms with Crippen molar-refractivity contribution >= 4 is 24.1 Å². The van der Waals surface area contributed by atoms with Gasteiger partial charge < -0.3 is 0 Å². The Kier molecular flexibility index (Phi) is 2.79. The highest BCUT2D eigenvalue weighted by atomic mass is 19.2. The van der Waals surface area contributed by atoms with Crippen LogP contribution in [0, 0.1) is 41.8 Å². The van der Waals surface area contributed by atoms with Crippen LogP contribution in [0.5, 0.6) is 0 Å². The van der Waals surface area contributed by atoms with Crippen LogP contribution in [0.25, 0.3) is 10.8 Å². The van der Waals surface area contributed by atoms with E-state index in [1.807, 2.05) is 0 Å². The summed E-state index contributed by atoms with van der Waals surface area (Å²) in [5, 5.41) is -1.58. The molecule has 2 rings (SSSR count). The maximum absolute atomic E-state index is 13.5. The molecule has 2 aromatic carbocycles. The van der Waals surface area contributed by atoms with Crippen molar-refractivity contribution in [2.75, 3.05) is 0 Å². The molecule has 0 saturated heterocycles. The number of halogens is 6. The Morgan fingerprint density at radius 1 is 0.611 bits per heavy atom. The van der Waals surface area contributed by atoms with Crippen LogP contribution in [-0.2, 0) is 0 Å². The molecule has 18 heavy (non-hydrogen) atoms. The van der Waals surface area contributed by atoms with Gasteiger partial charge in [-0.05, 0) is 17.9 Å². The molecule has 0 fully saturated rings. The van der Waals surface area contributed by atoms with Crippen LogP contribution in [-0.4, -0.2) is 7.85 Å². The summed E-state index contributed by atoms with van der Waals surface area (Å²) < 4.78 is 79.9. The second kappa shape index (κ2) is 3.93. The SMILES string of the molecule is Bc1c(F)c(F)c(C)c2c(F)c(F)c(F)c(F)c12. The average molecular weight is 262 g/mol.